The Morgan fingerprint density at radius 3 is 2.81 bits per heavy atom. The number of nitrogens with one attached hydrogen (secondary N) is 2. The van der Waals surface area contributed by atoms with Gasteiger partial charge < -0.3 is 15.4 Å². The highest BCUT2D eigenvalue weighted by molar-refractivity contribution is 6.30. The third kappa shape index (κ3) is 7.06. The molecule has 5 nitrogen and oxygen atoms in total. The van der Waals surface area contributed by atoms with Crippen LogP contribution in [0.5, 0.6) is 0 Å². The molecule has 0 saturated heterocycles. The molecule has 0 bridgehead atoms. The molecule has 116 valence electrons. The number of halogens is 2. The van der Waals surface area contributed by atoms with Crippen LogP contribution < -0.4 is 10.6 Å². The molecule has 2 N–H and O–H groups in total. The number of ether oxygens (including phenoxy) is 1. The van der Waals surface area contributed by atoms with Crippen molar-refractivity contribution in [2.24, 2.45) is 0 Å². The van der Waals surface area contributed by atoms with Crippen LogP contribution in [0.3, 0.4) is 0 Å². The second-order valence-corrected chi connectivity index (χ2v) is 4.69. The first-order valence-electron chi connectivity index (χ1n) is 6.64. The molecule has 0 aromatic heterocycles. The zero-order valence-electron chi connectivity index (χ0n) is 11.7. The maximum atomic E-state index is 13.4. The molecule has 1 aromatic rings. The number of amides is 1. The zero-order chi connectivity index (χ0) is 15.7. The van der Waals surface area contributed by atoms with E-state index in [9.17, 15) is 14.0 Å². The lowest BCUT2D eigenvalue weighted by Gasteiger charge is -2.08. The Labute approximate surface area is 127 Å². The molecule has 0 saturated carbocycles. The van der Waals surface area contributed by atoms with Gasteiger partial charge in [0.1, 0.15) is 5.82 Å². The van der Waals surface area contributed by atoms with Crippen molar-refractivity contribution in [3.63, 3.8) is 0 Å². The monoisotopic (exact) mass is 316 g/mol. The van der Waals surface area contributed by atoms with Crippen molar-refractivity contribution in [1.82, 2.24) is 5.32 Å². The van der Waals surface area contributed by atoms with Crippen molar-refractivity contribution < 1.29 is 18.7 Å². The fourth-order valence-corrected chi connectivity index (χ4v) is 1.74. The number of benzene rings is 1. The number of rotatable bonds is 8. The lowest BCUT2D eigenvalue weighted by Crippen LogP contribution is -2.29. The summed E-state index contributed by atoms with van der Waals surface area (Å²) in [5.41, 5.74) is 0.0812. The smallest absolute Gasteiger partial charge is 0.305 e. The fraction of sp³-hybridized carbons (Fsp3) is 0.429. The summed E-state index contributed by atoms with van der Waals surface area (Å²) < 4.78 is 18.2. The Morgan fingerprint density at radius 1 is 1.38 bits per heavy atom. The first-order chi connectivity index (χ1) is 10.0. The molecule has 0 aliphatic heterocycles. The molecule has 1 aromatic carbocycles. The third-order valence-corrected chi connectivity index (χ3v) is 2.77. The Bertz CT molecular complexity index is 497. The van der Waals surface area contributed by atoms with E-state index >= 15 is 0 Å². The number of hydrogen-bond donors (Lipinski definition) is 2. The molecular weight excluding hydrogens is 299 g/mol. The Hall–Kier alpha value is -1.66. The third-order valence-electron chi connectivity index (χ3n) is 2.53. The fourth-order valence-electron chi connectivity index (χ4n) is 1.58. The molecule has 0 spiro atoms. The van der Waals surface area contributed by atoms with E-state index in [0.29, 0.717) is 26.0 Å². The summed E-state index contributed by atoms with van der Waals surface area (Å²) in [6.07, 6.45) is 0.871. The van der Waals surface area contributed by atoms with E-state index in [2.05, 4.69) is 10.6 Å². The molecule has 0 atom stereocenters. The second-order valence-electron chi connectivity index (χ2n) is 4.26. The zero-order valence-corrected chi connectivity index (χ0v) is 12.5. The van der Waals surface area contributed by atoms with Gasteiger partial charge in [-0.3, -0.25) is 9.59 Å². The molecular formula is C14H18ClFN2O3. The van der Waals surface area contributed by atoms with Crippen LogP contribution in [0.25, 0.3) is 0 Å². The molecule has 0 aliphatic rings. The predicted octanol–water partition coefficient (Wildman–Crippen LogP) is 2.35. The molecule has 1 amide bonds. The highest BCUT2D eigenvalue weighted by Crippen LogP contribution is 2.18. The Kier molecular flexibility index (Phi) is 7.71. The van der Waals surface area contributed by atoms with E-state index in [1.165, 1.54) is 12.1 Å². The van der Waals surface area contributed by atoms with Gasteiger partial charge in [0.2, 0.25) is 5.91 Å². The van der Waals surface area contributed by atoms with Crippen molar-refractivity contribution in [3.05, 3.63) is 29.0 Å². The lowest BCUT2D eigenvalue weighted by atomic mass is 10.3. The van der Waals surface area contributed by atoms with E-state index in [0.717, 1.165) is 6.07 Å². The molecule has 0 heterocycles. The van der Waals surface area contributed by atoms with E-state index in [1.807, 2.05) is 0 Å². The van der Waals surface area contributed by atoms with Gasteiger partial charge in [0.25, 0.3) is 0 Å². The van der Waals surface area contributed by atoms with Gasteiger partial charge in [-0.1, -0.05) is 11.6 Å². The van der Waals surface area contributed by atoms with E-state index in [1.54, 1.807) is 6.92 Å². The van der Waals surface area contributed by atoms with Crippen LogP contribution in [0.1, 0.15) is 19.8 Å². The highest BCUT2D eigenvalue weighted by atomic mass is 35.5. The largest absolute Gasteiger partial charge is 0.466 e. The normalized spacial score (nSPS) is 10.2. The molecule has 21 heavy (non-hydrogen) atoms. The average molecular weight is 317 g/mol. The summed E-state index contributed by atoms with van der Waals surface area (Å²) >= 11 is 5.62. The quantitative estimate of drug-likeness (QED) is 0.570. The highest BCUT2D eigenvalue weighted by Gasteiger charge is 2.07. The van der Waals surface area contributed by atoms with Crippen LogP contribution in [0.15, 0.2) is 18.2 Å². The van der Waals surface area contributed by atoms with Gasteiger partial charge in [0.05, 0.1) is 18.8 Å². The van der Waals surface area contributed by atoms with Crippen molar-refractivity contribution in [1.29, 1.82) is 0 Å². The molecule has 1 rings (SSSR count). The topological polar surface area (TPSA) is 67.4 Å². The first-order valence-corrected chi connectivity index (χ1v) is 7.02. The predicted molar refractivity (Wildman–Crippen MR) is 78.8 cm³/mol. The summed E-state index contributed by atoms with van der Waals surface area (Å²) in [5.74, 6) is -1.21. The molecule has 0 fully saturated rings. The van der Waals surface area contributed by atoms with Crippen molar-refractivity contribution >= 4 is 29.2 Å². The van der Waals surface area contributed by atoms with Gasteiger partial charge in [0, 0.05) is 11.4 Å². The second kappa shape index (κ2) is 9.31. The molecule has 0 unspecified atom stereocenters. The van der Waals surface area contributed by atoms with Gasteiger partial charge in [0.15, 0.2) is 0 Å². The van der Waals surface area contributed by atoms with Crippen LogP contribution in [0, 0.1) is 5.82 Å². The van der Waals surface area contributed by atoms with Gasteiger partial charge in [-0.05, 0) is 38.1 Å². The number of carbonyl (C=O) groups is 2. The number of anilines is 1. The van der Waals surface area contributed by atoms with E-state index < -0.39 is 5.82 Å². The average Bonchev–Trinajstić information content (AvgIpc) is 2.42. The minimum atomic E-state index is -0.585. The van der Waals surface area contributed by atoms with Gasteiger partial charge in [-0.25, -0.2) is 4.39 Å². The number of carbonyl (C=O) groups excluding carboxylic acids is 2. The number of esters is 1. The first kappa shape index (κ1) is 17.4. The summed E-state index contributed by atoms with van der Waals surface area (Å²) in [6.45, 7) is 2.64. The summed E-state index contributed by atoms with van der Waals surface area (Å²) in [4.78, 5) is 22.6. The maximum absolute atomic E-state index is 13.4. The van der Waals surface area contributed by atoms with Crippen molar-refractivity contribution in [2.45, 2.75) is 19.8 Å². The lowest BCUT2D eigenvalue weighted by molar-refractivity contribution is -0.143. The van der Waals surface area contributed by atoms with E-state index in [4.69, 9.17) is 16.3 Å². The standard InChI is InChI=1S/C14H18ClFN2O3/c1-2-21-14(20)4-3-7-17-9-13(19)18-12-6-5-10(15)8-11(12)16/h5-6,8,17H,2-4,7,9H2,1H3,(H,18,19). The summed E-state index contributed by atoms with van der Waals surface area (Å²) in [6, 6.07) is 4.02. The summed E-state index contributed by atoms with van der Waals surface area (Å²) in [7, 11) is 0. The minimum Gasteiger partial charge on any atom is -0.466 e. The minimum absolute atomic E-state index is 0.0326. The Morgan fingerprint density at radius 2 is 2.14 bits per heavy atom. The van der Waals surface area contributed by atoms with Crippen LogP contribution >= 0.6 is 11.6 Å². The summed E-state index contributed by atoms with van der Waals surface area (Å²) in [5, 5.41) is 5.56. The maximum Gasteiger partial charge on any atom is 0.305 e. The van der Waals surface area contributed by atoms with Crippen molar-refractivity contribution in [2.75, 3.05) is 25.0 Å². The van der Waals surface area contributed by atoms with Gasteiger partial charge in [-0.15, -0.1) is 0 Å². The van der Waals surface area contributed by atoms with E-state index in [-0.39, 0.29) is 29.1 Å². The van der Waals surface area contributed by atoms with Crippen molar-refractivity contribution in [3.8, 4) is 0 Å². The SMILES string of the molecule is CCOC(=O)CCCNCC(=O)Nc1ccc(Cl)cc1F. The van der Waals surface area contributed by atoms with Crippen LogP contribution in [-0.4, -0.2) is 31.6 Å². The Balaban J connectivity index is 2.21. The van der Waals surface area contributed by atoms with Gasteiger partial charge >= 0.3 is 5.97 Å². The molecule has 7 heteroatoms. The number of hydrogen-bond acceptors (Lipinski definition) is 4. The van der Waals surface area contributed by atoms with Crippen LogP contribution in [-0.2, 0) is 14.3 Å². The molecule has 0 aliphatic carbocycles. The van der Waals surface area contributed by atoms with Crippen LogP contribution in [0.4, 0.5) is 10.1 Å². The van der Waals surface area contributed by atoms with Gasteiger partial charge in [-0.2, -0.15) is 0 Å². The van der Waals surface area contributed by atoms with Crippen LogP contribution in [0.2, 0.25) is 5.02 Å². The molecule has 0 radical (unpaired) electrons.